The topological polar surface area (TPSA) is 111 Å². The molecule has 0 saturated carbocycles. The Morgan fingerprint density at radius 2 is 1.91 bits per heavy atom. The normalized spacial score (nSPS) is 14.8. The number of hydrazine groups is 1. The van der Waals surface area contributed by atoms with E-state index in [1.807, 2.05) is 24.3 Å². The first-order valence-corrected chi connectivity index (χ1v) is 11.4. The van der Waals surface area contributed by atoms with Crippen LogP contribution in [-0.2, 0) is 4.84 Å². The first-order valence-electron chi connectivity index (χ1n) is 9.89. The average Bonchev–Trinajstić information content (AvgIpc) is 3.20. The number of carbonyl (C=O) groups is 1. The summed E-state index contributed by atoms with van der Waals surface area (Å²) in [6.07, 6.45) is 0.322. The molecule has 0 atom stereocenters. The molecule has 1 amide bonds. The fraction of sp³-hybridized carbons (Fsp3) is 0.238. The lowest BCUT2D eigenvalue weighted by atomic mass is 10.1. The van der Waals surface area contributed by atoms with Crippen LogP contribution in [0.5, 0.6) is 0 Å². The van der Waals surface area contributed by atoms with Gasteiger partial charge >= 0.3 is 5.91 Å². The molecular formula is C21H17BrCl2N4O5. The highest BCUT2D eigenvalue weighted by Gasteiger charge is 2.27. The van der Waals surface area contributed by atoms with E-state index < -0.39 is 17.1 Å². The summed E-state index contributed by atoms with van der Waals surface area (Å²) in [7, 11) is 0. The highest BCUT2D eigenvalue weighted by molar-refractivity contribution is 9.10. The molecule has 1 aliphatic heterocycles. The second-order valence-electron chi connectivity index (χ2n) is 7.28. The second kappa shape index (κ2) is 10.1. The summed E-state index contributed by atoms with van der Waals surface area (Å²) in [5, 5.41) is 12.2. The van der Waals surface area contributed by atoms with Crippen LogP contribution in [0.15, 0.2) is 51.4 Å². The van der Waals surface area contributed by atoms with Gasteiger partial charge in [-0.25, -0.2) is 9.99 Å². The van der Waals surface area contributed by atoms with Crippen molar-refractivity contribution in [3.63, 3.8) is 0 Å². The van der Waals surface area contributed by atoms with Crippen molar-refractivity contribution in [2.24, 2.45) is 0 Å². The third kappa shape index (κ3) is 5.64. The van der Waals surface area contributed by atoms with Gasteiger partial charge < -0.3 is 9.25 Å². The van der Waals surface area contributed by atoms with Crippen molar-refractivity contribution < 1.29 is 19.1 Å². The summed E-state index contributed by atoms with van der Waals surface area (Å²) in [4.78, 5) is 32.4. The number of benzene rings is 2. The Hall–Kier alpha value is -2.66. The van der Waals surface area contributed by atoms with E-state index in [9.17, 15) is 14.9 Å². The van der Waals surface area contributed by atoms with Crippen molar-refractivity contribution in [1.29, 1.82) is 0 Å². The van der Waals surface area contributed by atoms with E-state index in [1.165, 1.54) is 0 Å². The number of amides is 1. The van der Waals surface area contributed by atoms with Crippen LogP contribution in [0.2, 0.25) is 10.0 Å². The average molecular weight is 556 g/mol. The van der Waals surface area contributed by atoms with Crippen LogP contribution in [-0.4, -0.2) is 40.2 Å². The third-order valence-electron chi connectivity index (χ3n) is 5.05. The molecule has 0 bridgehead atoms. The summed E-state index contributed by atoms with van der Waals surface area (Å²) in [6, 6.07) is 12.4. The number of nitrogens with one attached hydrogen (secondary N) is 1. The quantitative estimate of drug-likeness (QED) is 0.320. The maximum absolute atomic E-state index is 12.9. The van der Waals surface area contributed by atoms with E-state index in [2.05, 4.69) is 31.2 Å². The molecule has 1 fully saturated rings. The maximum Gasteiger partial charge on any atom is 0.321 e. The number of hydrogen-bond donors (Lipinski definition) is 1. The van der Waals surface area contributed by atoms with E-state index in [-0.39, 0.29) is 5.89 Å². The number of oxazole rings is 1. The van der Waals surface area contributed by atoms with Crippen LogP contribution in [0.4, 0.5) is 0 Å². The van der Waals surface area contributed by atoms with Gasteiger partial charge in [0.2, 0.25) is 0 Å². The molecule has 2 heterocycles. The minimum atomic E-state index is -0.793. The van der Waals surface area contributed by atoms with E-state index in [4.69, 9.17) is 27.6 Å². The Morgan fingerprint density at radius 3 is 2.55 bits per heavy atom. The molecule has 0 unspecified atom stereocenters. The number of aromatic nitrogens is 1. The van der Waals surface area contributed by atoms with E-state index in [0.717, 1.165) is 10.0 Å². The summed E-state index contributed by atoms with van der Waals surface area (Å²) in [5.41, 5.74) is 4.47. The van der Waals surface area contributed by atoms with Gasteiger partial charge in [-0.15, -0.1) is 10.1 Å². The zero-order valence-corrected chi connectivity index (χ0v) is 20.1. The fourth-order valence-electron chi connectivity index (χ4n) is 3.46. The van der Waals surface area contributed by atoms with Gasteiger partial charge in [-0.3, -0.25) is 10.2 Å². The molecule has 1 aliphatic rings. The van der Waals surface area contributed by atoms with Crippen molar-refractivity contribution in [3.8, 4) is 22.6 Å². The summed E-state index contributed by atoms with van der Waals surface area (Å²) < 4.78 is 6.77. The van der Waals surface area contributed by atoms with Gasteiger partial charge in [0.05, 0.1) is 5.02 Å². The van der Waals surface area contributed by atoms with Crippen LogP contribution in [0.3, 0.4) is 0 Å². The molecule has 0 aliphatic carbocycles. The van der Waals surface area contributed by atoms with Gasteiger partial charge in [0.15, 0.2) is 5.76 Å². The largest absolute Gasteiger partial charge is 0.432 e. The minimum absolute atomic E-state index is 0.141. The predicted molar refractivity (Wildman–Crippen MR) is 125 cm³/mol. The van der Waals surface area contributed by atoms with Crippen LogP contribution >= 0.6 is 39.1 Å². The molecule has 12 heteroatoms. The SMILES string of the molecule is O=C(NN1CCC(O[N+](=O)[O-])CC1)c1nc(-c2ccc(Br)cc2)c(-c2ccc(Cl)cc2Cl)o1. The molecular weight excluding hydrogens is 539 g/mol. The van der Waals surface area contributed by atoms with Crippen molar-refractivity contribution in [2.45, 2.75) is 18.9 Å². The Kier molecular flexibility index (Phi) is 7.18. The molecule has 33 heavy (non-hydrogen) atoms. The second-order valence-corrected chi connectivity index (χ2v) is 9.04. The van der Waals surface area contributed by atoms with Crippen molar-refractivity contribution in [3.05, 3.63) is 73.0 Å². The number of hydrogen-bond acceptors (Lipinski definition) is 7. The monoisotopic (exact) mass is 554 g/mol. The number of piperidine rings is 1. The lowest BCUT2D eigenvalue weighted by Crippen LogP contribution is -2.48. The molecule has 0 spiro atoms. The maximum atomic E-state index is 12.9. The molecule has 172 valence electrons. The van der Waals surface area contributed by atoms with Crippen LogP contribution in [0, 0.1) is 10.1 Å². The molecule has 3 aromatic rings. The third-order valence-corrected chi connectivity index (χ3v) is 6.13. The molecule has 1 N–H and O–H groups in total. The first kappa shape index (κ1) is 23.5. The lowest BCUT2D eigenvalue weighted by molar-refractivity contribution is -0.769. The Morgan fingerprint density at radius 1 is 1.21 bits per heavy atom. The van der Waals surface area contributed by atoms with Crippen LogP contribution in [0.25, 0.3) is 22.6 Å². The highest BCUT2D eigenvalue weighted by atomic mass is 79.9. The van der Waals surface area contributed by atoms with Crippen molar-refractivity contribution >= 4 is 45.0 Å². The van der Waals surface area contributed by atoms with Gasteiger partial charge in [-0.1, -0.05) is 51.3 Å². The molecule has 9 nitrogen and oxygen atoms in total. The number of halogens is 3. The number of rotatable bonds is 6. The Bertz CT molecular complexity index is 1180. The van der Waals surface area contributed by atoms with Crippen LogP contribution in [0.1, 0.15) is 23.5 Å². The lowest BCUT2D eigenvalue weighted by Gasteiger charge is -2.30. The summed E-state index contributed by atoms with van der Waals surface area (Å²) >= 11 is 15.8. The molecule has 4 rings (SSSR count). The van der Waals surface area contributed by atoms with E-state index >= 15 is 0 Å². The van der Waals surface area contributed by atoms with Gasteiger partial charge in [-0.05, 0) is 43.2 Å². The zero-order valence-electron chi connectivity index (χ0n) is 17.0. The number of nitrogens with zero attached hydrogens (tertiary/aromatic N) is 3. The van der Waals surface area contributed by atoms with Crippen molar-refractivity contribution in [2.75, 3.05) is 13.1 Å². The molecule has 1 aromatic heterocycles. The van der Waals surface area contributed by atoms with Crippen LogP contribution < -0.4 is 5.43 Å². The summed E-state index contributed by atoms with van der Waals surface area (Å²) in [6.45, 7) is 0.779. The Balaban J connectivity index is 1.59. The van der Waals surface area contributed by atoms with Crippen molar-refractivity contribution in [1.82, 2.24) is 15.4 Å². The minimum Gasteiger partial charge on any atom is -0.432 e. The summed E-state index contributed by atoms with van der Waals surface area (Å²) in [5.74, 6) is -0.349. The van der Waals surface area contributed by atoms with Gasteiger partial charge in [0.25, 0.3) is 11.0 Å². The predicted octanol–water partition coefficient (Wildman–Crippen LogP) is 5.40. The zero-order chi connectivity index (χ0) is 23.5. The standard InChI is InChI=1S/C21H17BrCl2N4O5/c22-13-3-1-12(2-4-13)18-19(16-6-5-14(23)11-17(16)24)32-21(25-18)20(29)26-27-9-7-15(8-10-27)33-28(30)31/h1-6,11,15H,7-10H2,(H,26,29). The smallest absolute Gasteiger partial charge is 0.321 e. The molecule has 1 saturated heterocycles. The number of carbonyl (C=O) groups excluding carboxylic acids is 1. The Labute approximate surface area is 206 Å². The van der Waals surface area contributed by atoms with E-state index in [1.54, 1.807) is 23.2 Å². The van der Waals surface area contributed by atoms with Gasteiger partial charge in [0, 0.05) is 33.7 Å². The first-order chi connectivity index (χ1) is 15.8. The van der Waals surface area contributed by atoms with Gasteiger partial charge in [0.1, 0.15) is 11.8 Å². The van der Waals surface area contributed by atoms with Gasteiger partial charge in [-0.2, -0.15) is 0 Å². The highest BCUT2D eigenvalue weighted by Crippen LogP contribution is 2.38. The van der Waals surface area contributed by atoms with E-state index in [0.29, 0.717) is 53.0 Å². The molecule has 2 aromatic carbocycles. The fourth-order valence-corrected chi connectivity index (χ4v) is 4.22. The molecule has 0 radical (unpaired) electrons.